The third-order valence-electron chi connectivity index (χ3n) is 1.60. The average molecular weight is 261 g/mol. The van der Waals surface area contributed by atoms with Crippen LogP contribution in [-0.2, 0) is 4.84 Å². The zero-order valence-electron chi connectivity index (χ0n) is 8.54. The summed E-state index contributed by atoms with van der Waals surface area (Å²) in [6.45, 7) is 1.92. The largest absolute Gasteiger partial charge is 0.437 e. The van der Waals surface area contributed by atoms with Crippen LogP contribution in [0.3, 0.4) is 0 Å². The Morgan fingerprint density at radius 3 is 2.94 bits per heavy atom. The van der Waals surface area contributed by atoms with E-state index in [1.807, 2.05) is 19.1 Å². The highest BCUT2D eigenvalue weighted by molar-refractivity contribution is 6.69. The van der Waals surface area contributed by atoms with Crippen molar-refractivity contribution < 1.29 is 9.63 Å². The van der Waals surface area contributed by atoms with E-state index in [2.05, 4.69) is 15.3 Å². The van der Waals surface area contributed by atoms with Crippen molar-refractivity contribution >= 4 is 40.2 Å². The molecule has 1 N–H and O–H groups in total. The number of rotatable bonds is 3. The van der Waals surface area contributed by atoms with Gasteiger partial charge in [-0.2, -0.15) is 0 Å². The maximum atomic E-state index is 11.2. The minimum atomic E-state index is -0.714. The van der Waals surface area contributed by atoms with Gasteiger partial charge in [0.05, 0.1) is 5.88 Å². The molecule has 0 atom stereocenters. The van der Waals surface area contributed by atoms with E-state index in [4.69, 9.17) is 23.2 Å². The Morgan fingerprint density at radius 1 is 1.56 bits per heavy atom. The standard InChI is InChI=1S/C10H10Cl2N2O2/c1-7-3-2-4-8(5-7)13-10(15)16-14-9(12)6-11/h2-5H,6H2,1H3,(H,13,15)/b14-9+. The Balaban J connectivity index is 2.52. The van der Waals surface area contributed by atoms with Crippen LogP contribution >= 0.6 is 23.2 Å². The molecular weight excluding hydrogens is 251 g/mol. The number of oxime groups is 1. The summed E-state index contributed by atoms with van der Waals surface area (Å²) in [6.07, 6.45) is -0.714. The molecule has 0 aliphatic heterocycles. The minimum absolute atomic E-state index is 0.000714. The zero-order chi connectivity index (χ0) is 12.0. The SMILES string of the molecule is Cc1cccc(NC(=O)O/N=C(/Cl)CCl)c1. The highest BCUT2D eigenvalue weighted by Crippen LogP contribution is 2.09. The molecular formula is C10H10Cl2N2O2. The lowest BCUT2D eigenvalue weighted by Gasteiger charge is -2.03. The molecule has 0 fully saturated rings. The second-order valence-corrected chi connectivity index (χ2v) is 3.68. The number of anilines is 1. The van der Waals surface area contributed by atoms with E-state index >= 15 is 0 Å². The van der Waals surface area contributed by atoms with Crippen LogP contribution in [-0.4, -0.2) is 17.1 Å². The molecule has 0 radical (unpaired) electrons. The van der Waals surface area contributed by atoms with E-state index in [1.165, 1.54) is 0 Å². The highest BCUT2D eigenvalue weighted by atomic mass is 35.5. The summed E-state index contributed by atoms with van der Waals surface area (Å²) in [4.78, 5) is 15.7. The van der Waals surface area contributed by atoms with Crippen molar-refractivity contribution in [3.8, 4) is 0 Å². The van der Waals surface area contributed by atoms with Gasteiger partial charge in [-0.3, -0.25) is 10.2 Å². The van der Waals surface area contributed by atoms with Crippen molar-refractivity contribution in [2.75, 3.05) is 11.2 Å². The molecule has 1 amide bonds. The van der Waals surface area contributed by atoms with Gasteiger partial charge in [-0.05, 0) is 24.6 Å². The summed E-state index contributed by atoms with van der Waals surface area (Å²) >= 11 is 10.8. The van der Waals surface area contributed by atoms with Gasteiger partial charge < -0.3 is 0 Å². The molecule has 0 saturated heterocycles. The van der Waals surface area contributed by atoms with Gasteiger partial charge in [0.25, 0.3) is 0 Å². The Labute approximate surface area is 103 Å². The Bertz CT molecular complexity index is 408. The van der Waals surface area contributed by atoms with Crippen LogP contribution in [0.2, 0.25) is 0 Å². The van der Waals surface area contributed by atoms with Gasteiger partial charge in [-0.25, -0.2) is 4.79 Å². The number of nitrogens with one attached hydrogen (secondary N) is 1. The van der Waals surface area contributed by atoms with Gasteiger partial charge in [-0.15, -0.1) is 11.6 Å². The number of carbonyl (C=O) groups excluding carboxylic acids is 1. The molecule has 0 aromatic heterocycles. The molecule has 6 heteroatoms. The summed E-state index contributed by atoms with van der Waals surface area (Å²) in [6, 6.07) is 7.27. The van der Waals surface area contributed by atoms with Crippen molar-refractivity contribution in [3.05, 3.63) is 29.8 Å². The minimum Gasteiger partial charge on any atom is -0.297 e. The fraction of sp³-hybridized carbons (Fsp3) is 0.200. The first-order chi connectivity index (χ1) is 7.61. The fourth-order valence-corrected chi connectivity index (χ4v) is 1.06. The van der Waals surface area contributed by atoms with Crippen molar-refractivity contribution in [2.24, 2.45) is 5.16 Å². The van der Waals surface area contributed by atoms with Gasteiger partial charge in [0, 0.05) is 5.69 Å². The van der Waals surface area contributed by atoms with Gasteiger partial charge in [0.1, 0.15) is 0 Å². The number of aryl methyl sites for hydroxylation is 1. The third kappa shape index (κ3) is 4.51. The van der Waals surface area contributed by atoms with Crippen LogP contribution < -0.4 is 5.32 Å². The van der Waals surface area contributed by atoms with Crippen LogP contribution in [0.15, 0.2) is 29.4 Å². The number of alkyl halides is 1. The molecule has 86 valence electrons. The lowest BCUT2D eigenvalue weighted by Crippen LogP contribution is -2.11. The van der Waals surface area contributed by atoms with Crippen LogP contribution in [0.4, 0.5) is 10.5 Å². The average Bonchev–Trinajstić information content (AvgIpc) is 2.26. The van der Waals surface area contributed by atoms with E-state index in [-0.39, 0.29) is 11.1 Å². The number of carbonyl (C=O) groups is 1. The van der Waals surface area contributed by atoms with Gasteiger partial charge in [0.2, 0.25) is 0 Å². The number of benzene rings is 1. The second-order valence-electron chi connectivity index (χ2n) is 2.97. The van der Waals surface area contributed by atoms with E-state index in [0.29, 0.717) is 5.69 Å². The van der Waals surface area contributed by atoms with Gasteiger partial charge in [-0.1, -0.05) is 28.9 Å². The first-order valence-corrected chi connectivity index (χ1v) is 5.36. The zero-order valence-corrected chi connectivity index (χ0v) is 10.0. The maximum Gasteiger partial charge on any atom is 0.437 e. The van der Waals surface area contributed by atoms with E-state index in [1.54, 1.807) is 12.1 Å². The number of nitrogens with zero attached hydrogens (tertiary/aromatic N) is 1. The first-order valence-electron chi connectivity index (χ1n) is 4.45. The molecule has 0 saturated carbocycles. The number of hydrogen-bond acceptors (Lipinski definition) is 3. The molecule has 0 unspecified atom stereocenters. The van der Waals surface area contributed by atoms with Crippen LogP contribution in [0, 0.1) is 6.92 Å². The van der Waals surface area contributed by atoms with E-state index in [0.717, 1.165) is 5.56 Å². The Kier molecular flexibility index (Phi) is 5.08. The van der Waals surface area contributed by atoms with Crippen molar-refractivity contribution in [2.45, 2.75) is 6.92 Å². The summed E-state index contributed by atoms with van der Waals surface area (Å²) in [7, 11) is 0. The van der Waals surface area contributed by atoms with E-state index in [9.17, 15) is 4.79 Å². The summed E-state index contributed by atoms with van der Waals surface area (Å²) in [5.74, 6) is -0.000714. The first kappa shape index (κ1) is 12.8. The molecule has 4 nitrogen and oxygen atoms in total. The predicted molar refractivity (Wildman–Crippen MR) is 65.3 cm³/mol. The lowest BCUT2D eigenvalue weighted by atomic mass is 10.2. The van der Waals surface area contributed by atoms with E-state index < -0.39 is 6.09 Å². The molecule has 0 aliphatic carbocycles. The summed E-state index contributed by atoms with van der Waals surface area (Å²) in [5, 5.41) is 5.81. The van der Waals surface area contributed by atoms with Crippen molar-refractivity contribution in [3.63, 3.8) is 0 Å². The number of halogens is 2. The molecule has 1 aromatic rings. The molecule has 0 heterocycles. The monoisotopic (exact) mass is 260 g/mol. The Hall–Kier alpha value is -1.26. The molecule has 1 rings (SSSR count). The van der Waals surface area contributed by atoms with Gasteiger partial charge in [0.15, 0.2) is 5.17 Å². The summed E-state index contributed by atoms with van der Waals surface area (Å²) < 4.78 is 0. The van der Waals surface area contributed by atoms with Crippen molar-refractivity contribution in [1.29, 1.82) is 0 Å². The quantitative estimate of drug-likeness (QED) is 0.392. The summed E-state index contributed by atoms with van der Waals surface area (Å²) in [5.41, 5.74) is 1.65. The molecule has 0 aliphatic rings. The molecule has 0 spiro atoms. The van der Waals surface area contributed by atoms with Crippen molar-refractivity contribution in [1.82, 2.24) is 0 Å². The van der Waals surface area contributed by atoms with Crippen LogP contribution in [0.5, 0.6) is 0 Å². The normalized spacial score (nSPS) is 11.1. The topological polar surface area (TPSA) is 50.7 Å². The van der Waals surface area contributed by atoms with Crippen LogP contribution in [0.1, 0.15) is 5.56 Å². The maximum absolute atomic E-state index is 11.2. The lowest BCUT2D eigenvalue weighted by molar-refractivity contribution is 0.167. The smallest absolute Gasteiger partial charge is 0.297 e. The number of amides is 1. The number of hydrogen-bond donors (Lipinski definition) is 1. The molecule has 0 bridgehead atoms. The second kappa shape index (κ2) is 6.35. The molecule has 16 heavy (non-hydrogen) atoms. The fourth-order valence-electron chi connectivity index (χ4n) is 0.979. The highest BCUT2D eigenvalue weighted by Gasteiger charge is 2.03. The molecule has 1 aromatic carbocycles. The Morgan fingerprint density at radius 2 is 2.31 bits per heavy atom. The van der Waals surface area contributed by atoms with Crippen LogP contribution in [0.25, 0.3) is 0 Å². The van der Waals surface area contributed by atoms with Gasteiger partial charge >= 0.3 is 6.09 Å². The third-order valence-corrected chi connectivity index (χ3v) is 2.19. The predicted octanol–water partition coefficient (Wildman–Crippen LogP) is 3.33.